The molecule has 0 saturated carbocycles. The first kappa shape index (κ1) is 14.6. The highest BCUT2D eigenvalue weighted by Gasteiger charge is 2.15. The average molecular weight is 320 g/mol. The van der Waals surface area contributed by atoms with Crippen LogP contribution in [0.3, 0.4) is 0 Å². The van der Waals surface area contributed by atoms with E-state index >= 15 is 0 Å². The van der Waals surface area contributed by atoms with Gasteiger partial charge in [0.15, 0.2) is 0 Å². The van der Waals surface area contributed by atoms with E-state index < -0.39 is 5.63 Å². The second-order valence-corrected chi connectivity index (χ2v) is 5.83. The molecule has 0 aliphatic heterocycles. The average Bonchev–Trinajstić information content (AvgIpc) is 3.07. The molecule has 0 radical (unpaired) electrons. The quantitative estimate of drug-likeness (QED) is 0.510. The normalized spacial score (nSPS) is 12.5. The Balaban J connectivity index is 1.74. The maximum Gasteiger partial charge on any atom is 0.336 e. The minimum Gasteiger partial charge on any atom is -0.491 e. The van der Waals surface area contributed by atoms with Crippen LogP contribution in [0.25, 0.3) is 21.9 Å². The Morgan fingerprint density at radius 3 is 2.62 bits per heavy atom. The van der Waals surface area contributed by atoms with E-state index in [4.69, 9.17) is 13.6 Å². The van der Waals surface area contributed by atoms with Crippen LogP contribution in [0.4, 0.5) is 0 Å². The lowest BCUT2D eigenvalue weighted by molar-refractivity contribution is 0.302. The Hall–Kier alpha value is -3.01. The summed E-state index contributed by atoms with van der Waals surface area (Å²) >= 11 is 0. The molecule has 24 heavy (non-hydrogen) atoms. The van der Waals surface area contributed by atoms with Crippen LogP contribution in [-0.2, 0) is 0 Å². The van der Waals surface area contributed by atoms with Crippen LogP contribution in [0.1, 0.15) is 18.4 Å². The summed E-state index contributed by atoms with van der Waals surface area (Å²) in [6, 6.07) is 16.9. The number of hydrogen-bond acceptors (Lipinski definition) is 4. The lowest BCUT2D eigenvalue weighted by Gasteiger charge is -2.15. The highest BCUT2D eigenvalue weighted by atomic mass is 16.5. The third kappa shape index (κ3) is 2.56. The Labute approximate surface area is 138 Å². The topological polar surface area (TPSA) is 52.6 Å². The molecule has 4 aromatic rings. The first-order valence-corrected chi connectivity index (χ1v) is 7.84. The summed E-state index contributed by atoms with van der Waals surface area (Å²) in [5.74, 6) is 0.918. The van der Waals surface area contributed by atoms with Crippen molar-refractivity contribution < 1.29 is 13.6 Å². The number of ether oxygens (including phenoxy) is 1. The Kier molecular flexibility index (Phi) is 3.58. The van der Waals surface area contributed by atoms with Crippen molar-refractivity contribution in [1.29, 1.82) is 0 Å². The fourth-order valence-electron chi connectivity index (χ4n) is 2.85. The summed E-state index contributed by atoms with van der Waals surface area (Å²) in [4.78, 5) is 11.5. The van der Waals surface area contributed by atoms with E-state index in [0.29, 0.717) is 23.5 Å². The van der Waals surface area contributed by atoms with Gasteiger partial charge < -0.3 is 13.6 Å². The zero-order valence-corrected chi connectivity index (χ0v) is 13.2. The summed E-state index contributed by atoms with van der Waals surface area (Å²) in [5.41, 5.74) is 1.93. The molecule has 0 amide bonds. The van der Waals surface area contributed by atoms with Crippen molar-refractivity contribution in [2.24, 2.45) is 0 Å². The predicted molar refractivity (Wildman–Crippen MR) is 92.6 cm³/mol. The first-order valence-electron chi connectivity index (χ1n) is 7.84. The number of hydrogen-bond donors (Lipinski definition) is 0. The van der Waals surface area contributed by atoms with Gasteiger partial charge in [0.2, 0.25) is 0 Å². The molecule has 0 aliphatic rings. The van der Waals surface area contributed by atoms with Crippen LogP contribution in [0, 0.1) is 0 Å². The summed E-state index contributed by atoms with van der Waals surface area (Å²) in [5, 5.41) is 1.64. The van der Waals surface area contributed by atoms with Crippen LogP contribution in [-0.4, -0.2) is 6.61 Å². The third-order valence-corrected chi connectivity index (χ3v) is 4.15. The van der Waals surface area contributed by atoms with Gasteiger partial charge in [0.05, 0.1) is 23.6 Å². The van der Waals surface area contributed by atoms with Crippen molar-refractivity contribution in [3.63, 3.8) is 0 Å². The van der Waals surface area contributed by atoms with E-state index in [-0.39, 0.29) is 5.92 Å². The van der Waals surface area contributed by atoms with E-state index in [1.165, 1.54) is 11.6 Å². The monoisotopic (exact) mass is 320 g/mol. The molecule has 1 unspecified atom stereocenters. The summed E-state index contributed by atoms with van der Waals surface area (Å²) in [7, 11) is 0. The Morgan fingerprint density at radius 2 is 1.79 bits per heavy atom. The fourth-order valence-corrected chi connectivity index (χ4v) is 2.85. The van der Waals surface area contributed by atoms with Crippen LogP contribution in [0.5, 0.6) is 5.75 Å². The molecular formula is C20H16O4. The van der Waals surface area contributed by atoms with Gasteiger partial charge in [0.1, 0.15) is 16.9 Å². The number of benzene rings is 2. The molecule has 2 heterocycles. The zero-order valence-electron chi connectivity index (χ0n) is 13.2. The van der Waals surface area contributed by atoms with Crippen molar-refractivity contribution in [2.75, 3.05) is 6.61 Å². The van der Waals surface area contributed by atoms with E-state index in [9.17, 15) is 4.79 Å². The van der Waals surface area contributed by atoms with Gasteiger partial charge in [-0.05, 0) is 17.7 Å². The van der Waals surface area contributed by atoms with Crippen molar-refractivity contribution in [3.8, 4) is 5.75 Å². The second kappa shape index (κ2) is 5.89. The molecule has 2 aromatic heterocycles. The summed E-state index contributed by atoms with van der Waals surface area (Å²) in [6.07, 6.45) is 1.61. The van der Waals surface area contributed by atoms with Gasteiger partial charge in [0, 0.05) is 18.1 Å². The predicted octanol–water partition coefficient (Wildman–Crippen LogP) is 4.72. The van der Waals surface area contributed by atoms with Gasteiger partial charge in [0.25, 0.3) is 0 Å². The molecule has 0 spiro atoms. The second-order valence-electron chi connectivity index (χ2n) is 5.83. The lowest BCUT2D eigenvalue weighted by Crippen LogP contribution is -2.07. The molecule has 0 fully saturated rings. The molecular weight excluding hydrogens is 304 g/mol. The zero-order chi connectivity index (χ0) is 16.5. The third-order valence-electron chi connectivity index (χ3n) is 4.15. The molecule has 120 valence electrons. The van der Waals surface area contributed by atoms with E-state index in [2.05, 4.69) is 19.1 Å². The van der Waals surface area contributed by atoms with Crippen LogP contribution < -0.4 is 10.4 Å². The minimum absolute atomic E-state index is 0.235. The van der Waals surface area contributed by atoms with Gasteiger partial charge >= 0.3 is 5.63 Å². The fraction of sp³-hybridized carbons (Fsp3) is 0.150. The van der Waals surface area contributed by atoms with Crippen LogP contribution in [0.15, 0.2) is 74.5 Å². The van der Waals surface area contributed by atoms with Gasteiger partial charge in [-0.2, -0.15) is 0 Å². The van der Waals surface area contributed by atoms with Crippen LogP contribution in [0.2, 0.25) is 0 Å². The maximum atomic E-state index is 11.5. The molecule has 0 saturated heterocycles. The first-order chi connectivity index (χ1) is 11.7. The van der Waals surface area contributed by atoms with Gasteiger partial charge in [-0.25, -0.2) is 4.79 Å². The van der Waals surface area contributed by atoms with Crippen molar-refractivity contribution in [2.45, 2.75) is 12.8 Å². The largest absolute Gasteiger partial charge is 0.491 e. The molecule has 4 nitrogen and oxygen atoms in total. The molecule has 1 atom stereocenters. The maximum absolute atomic E-state index is 11.5. The molecule has 0 N–H and O–H groups in total. The highest BCUT2D eigenvalue weighted by Crippen LogP contribution is 2.35. The number of rotatable bonds is 4. The molecule has 0 aliphatic carbocycles. The van der Waals surface area contributed by atoms with Gasteiger partial charge in [-0.15, -0.1) is 0 Å². The molecule has 4 heteroatoms. The standard InChI is InChI=1S/C20H16O4/c1-13(14-5-3-2-4-6-14)12-23-20-15-7-8-19(21)24-18(15)11-17-16(20)9-10-22-17/h2-11,13H,12H2,1H3. The number of fused-ring (bicyclic) bond motifs is 2. The van der Waals surface area contributed by atoms with E-state index in [1.807, 2.05) is 24.3 Å². The molecule has 0 bridgehead atoms. The summed E-state index contributed by atoms with van der Waals surface area (Å²) in [6.45, 7) is 2.63. The Bertz CT molecular complexity index is 1040. The number of furan rings is 1. The van der Waals surface area contributed by atoms with Crippen LogP contribution >= 0.6 is 0 Å². The van der Waals surface area contributed by atoms with Crippen molar-refractivity contribution in [3.05, 3.63) is 76.8 Å². The smallest absolute Gasteiger partial charge is 0.336 e. The van der Waals surface area contributed by atoms with Crippen molar-refractivity contribution in [1.82, 2.24) is 0 Å². The van der Waals surface area contributed by atoms with Gasteiger partial charge in [-0.1, -0.05) is 37.3 Å². The highest BCUT2D eigenvalue weighted by molar-refractivity contribution is 6.01. The molecule has 4 rings (SSSR count). The SMILES string of the molecule is CC(COc1c2ccoc2cc2oc(=O)ccc12)c1ccccc1. The van der Waals surface area contributed by atoms with E-state index in [0.717, 1.165) is 10.8 Å². The van der Waals surface area contributed by atoms with Crippen molar-refractivity contribution >= 4 is 21.9 Å². The molecule has 2 aromatic carbocycles. The minimum atomic E-state index is -0.392. The lowest BCUT2D eigenvalue weighted by atomic mass is 10.0. The Morgan fingerprint density at radius 1 is 1.00 bits per heavy atom. The van der Waals surface area contributed by atoms with E-state index in [1.54, 1.807) is 18.4 Å². The summed E-state index contributed by atoms with van der Waals surface area (Å²) < 4.78 is 16.9. The van der Waals surface area contributed by atoms with Gasteiger partial charge in [-0.3, -0.25) is 0 Å².